The van der Waals surface area contributed by atoms with Crippen molar-refractivity contribution in [1.29, 1.82) is 0 Å². The number of benzene rings is 4. The molecule has 4 aromatic carbocycles. The fourth-order valence-electron chi connectivity index (χ4n) is 6.75. The van der Waals surface area contributed by atoms with Crippen molar-refractivity contribution >= 4 is 21.5 Å². The van der Waals surface area contributed by atoms with Crippen LogP contribution >= 0.6 is 0 Å². The maximum absolute atomic E-state index is 8.25. The van der Waals surface area contributed by atoms with E-state index in [0.29, 0.717) is 13.2 Å². The number of nitrogens with zero attached hydrogens (tertiary/aromatic N) is 10. The molecule has 28 nitrogen and oxygen atoms in total. The quantitative estimate of drug-likeness (QED) is 0.0562. The standard InChI is InChI=1S/2C26H19N3O.2CH4O.2Cu.4NO3.2H2O/c2*1-2-8-21-15-19(11-12-20(21)7-1)18-30-22-16-25(23-9-3-5-13-27-23)29-26(17-22)24-10-4-6-14-28-24;2*1-2;;;4*2-1(3)4;;/h2*1-17H,18H2;2*2H,1H3;;;;;;;2*1H2/q;;;;2*+2;4*-1;;/p+2. The van der Waals surface area contributed by atoms with Crippen molar-refractivity contribution in [3.05, 3.63) is 279 Å². The van der Waals surface area contributed by atoms with Gasteiger partial charge in [-0.25, -0.2) is 9.97 Å². The van der Waals surface area contributed by atoms with Gasteiger partial charge in [-0.05, 0) is 93.3 Å². The van der Waals surface area contributed by atoms with Gasteiger partial charge >= 0.3 is 34.1 Å². The summed E-state index contributed by atoms with van der Waals surface area (Å²) in [7, 11) is 2.00. The second-order valence-corrected chi connectivity index (χ2v) is 14.8. The van der Waals surface area contributed by atoms with E-state index in [1.54, 1.807) is 24.8 Å². The zero-order valence-electron chi connectivity index (χ0n) is 43.9. The minimum atomic E-state index is -1.75. The first-order valence-electron chi connectivity index (χ1n) is 22.7. The molecule has 0 aliphatic heterocycles. The van der Waals surface area contributed by atoms with Crippen LogP contribution in [0.3, 0.4) is 0 Å². The number of hydrogen-bond donors (Lipinski definition) is 2. The molecule has 0 saturated heterocycles. The summed E-state index contributed by atoms with van der Waals surface area (Å²) in [4.78, 5) is 60.3. The molecule has 10 aromatic rings. The molecule has 0 atom stereocenters. The third-order valence-corrected chi connectivity index (χ3v) is 9.75. The van der Waals surface area contributed by atoms with Crippen molar-refractivity contribution < 1.29 is 85.1 Å². The Bertz CT molecular complexity index is 3100. The van der Waals surface area contributed by atoms with Gasteiger partial charge in [0.25, 0.3) is 0 Å². The third kappa shape index (κ3) is 28.6. The Morgan fingerprint density at radius 3 is 0.786 bits per heavy atom. The molecule has 446 valence electrons. The van der Waals surface area contributed by atoms with Crippen LogP contribution in [0.25, 0.3) is 67.1 Å². The molecule has 0 saturated carbocycles. The minimum absolute atomic E-state index is 0. The van der Waals surface area contributed by atoms with Gasteiger partial charge < -0.3 is 91.9 Å². The van der Waals surface area contributed by atoms with Crippen LogP contribution in [0.5, 0.6) is 11.5 Å². The van der Waals surface area contributed by atoms with Crippen LogP contribution in [0.4, 0.5) is 0 Å². The molecule has 0 aliphatic rings. The molecular weight excluding hydrogens is 1200 g/mol. The van der Waals surface area contributed by atoms with Gasteiger partial charge in [-0.1, -0.05) is 97.1 Å². The molecule has 0 amide bonds. The van der Waals surface area contributed by atoms with Crippen molar-refractivity contribution in [3.63, 3.8) is 0 Å². The SMILES string of the molecule is CO.CO.O=[N+]([O-])[O-].O=[N+]([O-])[O-].O=[N+]([O-])[O-].O=[N+]([O-])[O-].[Cu+2].[Cu+2].[OH3+].[OH3+].c1ccc(-c2cc(OCc3ccc4ccccc4c3)cc(-c3ccccn3)n2)nc1.c1ccc(-c2cc(OCc3ccc4ccccc4c3)cc(-c3ccccn3)n2)nc1. The van der Waals surface area contributed by atoms with Gasteiger partial charge in [0, 0.05) is 63.3 Å². The van der Waals surface area contributed by atoms with Gasteiger partial charge in [0.15, 0.2) is 0 Å². The Morgan fingerprint density at radius 1 is 0.333 bits per heavy atom. The van der Waals surface area contributed by atoms with E-state index in [4.69, 9.17) is 90.9 Å². The van der Waals surface area contributed by atoms with E-state index in [2.05, 4.69) is 80.6 Å². The summed E-state index contributed by atoms with van der Waals surface area (Å²) in [5, 5.41) is 77.9. The van der Waals surface area contributed by atoms with Crippen molar-refractivity contribution in [2.75, 3.05) is 14.2 Å². The van der Waals surface area contributed by atoms with Gasteiger partial charge in [0.1, 0.15) is 24.7 Å². The first-order valence-corrected chi connectivity index (χ1v) is 22.7. The number of aliphatic hydroxyl groups excluding tert-OH is 2. The number of hydrogen-bond acceptors (Lipinski definition) is 22. The molecule has 2 radical (unpaired) electrons. The number of rotatable bonds is 10. The smallest absolute Gasteiger partial charge is 0.489 e. The number of aliphatic hydroxyl groups is 2. The summed E-state index contributed by atoms with van der Waals surface area (Å²) >= 11 is 0. The van der Waals surface area contributed by atoms with Crippen LogP contribution in [-0.2, 0) is 58.3 Å². The van der Waals surface area contributed by atoms with E-state index in [1.165, 1.54) is 21.5 Å². The van der Waals surface area contributed by atoms with Crippen molar-refractivity contribution in [2.45, 2.75) is 13.2 Å². The van der Waals surface area contributed by atoms with E-state index in [0.717, 1.165) is 82.4 Å². The van der Waals surface area contributed by atoms with Crippen molar-refractivity contribution in [3.8, 4) is 57.1 Å². The maximum Gasteiger partial charge on any atom is 2.00 e. The topological polar surface area (TPSA) is 467 Å². The van der Waals surface area contributed by atoms with Gasteiger partial charge in [-0.3, -0.25) is 19.9 Å². The first-order chi connectivity index (χ1) is 38.6. The second-order valence-electron chi connectivity index (χ2n) is 14.8. The largest absolute Gasteiger partial charge is 2.00 e. The van der Waals surface area contributed by atoms with Gasteiger partial charge in [-0.2, -0.15) is 0 Å². The van der Waals surface area contributed by atoms with E-state index in [1.807, 2.05) is 121 Å². The van der Waals surface area contributed by atoms with E-state index in [-0.39, 0.29) is 45.1 Å². The molecule has 0 spiro atoms. The van der Waals surface area contributed by atoms with Crippen LogP contribution in [0, 0.1) is 61.3 Å². The van der Waals surface area contributed by atoms with Crippen LogP contribution in [0.1, 0.15) is 11.1 Å². The summed E-state index contributed by atoms with van der Waals surface area (Å²) < 4.78 is 12.3. The average Bonchev–Trinajstić information content (AvgIpc) is 3.29. The van der Waals surface area contributed by atoms with Crippen LogP contribution in [-0.4, -0.2) is 74.7 Å². The predicted molar refractivity (Wildman–Crippen MR) is 305 cm³/mol. The molecule has 10 rings (SSSR count). The number of pyridine rings is 6. The first kappa shape index (κ1) is 75.6. The predicted octanol–water partition coefficient (Wildman–Crippen LogP) is 8.29. The number of ether oxygens (including phenoxy) is 2. The molecule has 6 heterocycles. The van der Waals surface area contributed by atoms with Crippen LogP contribution in [0.15, 0.2) is 207 Å². The number of fused-ring (bicyclic) bond motifs is 2. The zero-order chi connectivity index (χ0) is 58.7. The Labute approximate surface area is 498 Å². The van der Waals surface area contributed by atoms with Gasteiger partial charge in [-0.15, -0.1) is 0 Å². The average molecular weight is 1260 g/mol. The van der Waals surface area contributed by atoms with Crippen molar-refractivity contribution in [2.24, 2.45) is 0 Å². The molecule has 0 fully saturated rings. The molecule has 0 unspecified atom stereocenters. The molecular formula is C54H52Cu2N10O18+2. The normalized spacial score (nSPS) is 9.00. The molecule has 0 aliphatic carbocycles. The maximum atomic E-state index is 8.25. The third-order valence-electron chi connectivity index (χ3n) is 9.75. The number of aromatic nitrogens is 6. The van der Waals surface area contributed by atoms with Crippen LogP contribution in [0.2, 0.25) is 0 Å². The van der Waals surface area contributed by atoms with Gasteiger partial charge in [0.2, 0.25) is 0 Å². The van der Waals surface area contributed by atoms with Crippen molar-refractivity contribution in [1.82, 2.24) is 29.9 Å². The second kappa shape index (κ2) is 42.5. The molecule has 0 bridgehead atoms. The summed E-state index contributed by atoms with van der Waals surface area (Å²) in [6, 6.07) is 60.3. The molecule has 84 heavy (non-hydrogen) atoms. The Hall–Kier alpha value is -10.4. The minimum Gasteiger partial charge on any atom is -0.489 e. The Kier molecular flexibility index (Phi) is 38.2. The summed E-state index contributed by atoms with van der Waals surface area (Å²) in [6.45, 7) is 0.941. The zero-order valence-corrected chi connectivity index (χ0v) is 45.8. The summed E-state index contributed by atoms with van der Waals surface area (Å²) in [6.07, 6.45) is 7.06. The molecule has 8 N–H and O–H groups in total. The monoisotopic (exact) mass is 1250 g/mol. The summed E-state index contributed by atoms with van der Waals surface area (Å²) in [5.74, 6) is 1.47. The molecule has 6 aromatic heterocycles. The Morgan fingerprint density at radius 2 is 0.560 bits per heavy atom. The van der Waals surface area contributed by atoms with Gasteiger partial charge in [0.05, 0.1) is 65.9 Å². The Balaban J connectivity index is 0. The summed E-state index contributed by atoms with van der Waals surface area (Å²) in [5.41, 5.74) is 8.45. The fraction of sp³-hybridized carbons (Fsp3) is 0.0741. The van der Waals surface area contributed by atoms with E-state index < -0.39 is 20.3 Å². The van der Waals surface area contributed by atoms with E-state index in [9.17, 15) is 0 Å². The van der Waals surface area contributed by atoms with Crippen LogP contribution < -0.4 is 9.47 Å². The molecule has 30 heteroatoms. The fourth-order valence-corrected chi connectivity index (χ4v) is 6.75. The van der Waals surface area contributed by atoms with E-state index >= 15 is 0 Å².